The SMILES string of the molecule is CCCCNC(=O)[C@@H](C)N(Cc1cccc(Cl)c1)C(=O)CCCN(c1cccc(Cl)c1C)S(C)(=O)=O. The summed E-state index contributed by atoms with van der Waals surface area (Å²) in [6.07, 6.45) is 3.27. The van der Waals surface area contributed by atoms with Crippen LogP contribution in [0, 0.1) is 6.92 Å². The van der Waals surface area contributed by atoms with Gasteiger partial charge in [-0.1, -0.05) is 54.7 Å². The highest BCUT2D eigenvalue weighted by Crippen LogP contribution is 2.28. The maximum Gasteiger partial charge on any atom is 0.242 e. The number of hydrogen-bond acceptors (Lipinski definition) is 4. The summed E-state index contributed by atoms with van der Waals surface area (Å²) in [5.41, 5.74) is 1.93. The third-order valence-electron chi connectivity index (χ3n) is 5.90. The van der Waals surface area contributed by atoms with E-state index in [1.165, 1.54) is 9.21 Å². The van der Waals surface area contributed by atoms with Gasteiger partial charge in [-0.15, -0.1) is 0 Å². The van der Waals surface area contributed by atoms with E-state index in [0.29, 0.717) is 27.8 Å². The van der Waals surface area contributed by atoms with Crippen molar-refractivity contribution in [2.45, 2.75) is 59.0 Å². The molecule has 0 aromatic heterocycles. The lowest BCUT2D eigenvalue weighted by molar-refractivity contribution is -0.140. The van der Waals surface area contributed by atoms with Crippen LogP contribution in [0.5, 0.6) is 0 Å². The van der Waals surface area contributed by atoms with Crippen LogP contribution in [0.1, 0.15) is 50.7 Å². The normalized spacial score (nSPS) is 12.2. The molecule has 1 atom stereocenters. The number of amides is 2. The van der Waals surface area contributed by atoms with E-state index in [4.69, 9.17) is 23.2 Å². The average molecular weight is 557 g/mol. The van der Waals surface area contributed by atoms with E-state index in [9.17, 15) is 18.0 Å². The molecule has 0 aliphatic heterocycles. The Kier molecular flexibility index (Phi) is 11.5. The van der Waals surface area contributed by atoms with Crippen molar-refractivity contribution in [1.82, 2.24) is 10.2 Å². The largest absolute Gasteiger partial charge is 0.354 e. The minimum absolute atomic E-state index is 0.0682. The molecule has 36 heavy (non-hydrogen) atoms. The lowest BCUT2D eigenvalue weighted by atomic mass is 10.1. The number of benzene rings is 2. The molecule has 0 saturated carbocycles. The summed E-state index contributed by atoms with van der Waals surface area (Å²) in [6.45, 7) is 6.35. The molecule has 0 spiro atoms. The van der Waals surface area contributed by atoms with Crippen LogP contribution in [0.15, 0.2) is 42.5 Å². The quantitative estimate of drug-likeness (QED) is 0.345. The Morgan fingerprint density at radius 1 is 1.08 bits per heavy atom. The highest BCUT2D eigenvalue weighted by atomic mass is 35.5. The zero-order valence-electron chi connectivity index (χ0n) is 21.3. The molecule has 0 saturated heterocycles. The number of nitrogens with zero attached hydrogens (tertiary/aromatic N) is 2. The van der Waals surface area contributed by atoms with E-state index >= 15 is 0 Å². The number of carbonyl (C=O) groups excluding carboxylic acids is 2. The summed E-state index contributed by atoms with van der Waals surface area (Å²) >= 11 is 12.3. The molecule has 0 bridgehead atoms. The molecule has 10 heteroatoms. The Morgan fingerprint density at radius 3 is 2.42 bits per heavy atom. The molecule has 2 aromatic carbocycles. The Morgan fingerprint density at radius 2 is 1.78 bits per heavy atom. The van der Waals surface area contributed by atoms with Crippen molar-refractivity contribution in [2.75, 3.05) is 23.7 Å². The second kappa shape index (κ2) is 13.9. The molecule has 0 fully saturated rings. The molecule has 7 nitrogen and oxygen atoms in total. The summed E-state index contributed by atoms with van der Waals surface area (Å²) in [6, 6.07) is 11.5. The number of halogens is 2. The number of unbranched alkanes of at least 4 members (excludes halogenated alkanes) is 1. The van der Waals surface area contributed by atoms with Crippen molar-refractivity contribution >= 4 is 50.7 Å². The fourth-order valence-corrected chi connectivity index (χ4v) is 5.20. The molecule has 2 aromatic rings. The van der Waals surface area contributed by atoms with E-state index in [1.54, 1.807) is 50.2 Å². The van der Waals surface area contributed by atoms with E-state index in [-0.39, 0.29) is 37.7 Å². The number of hydrogen-bond donors (Lipinski definition) is 1. The monoisotopic (exact) mass is 555 g/mol. The van der Waals surface area contributed by atoms with Gasteiger partial charge >= 0.3 is 0 Å². The van der Waals surface area contributed by atoms with Gasteiger partial charge in [0.2, 0.25) is 21.8 Å². The first kappa shape index (κ1) is 29.9. The third kappa shape index (κ3) is 8.68. The van der Waals surface area contributed by atoms with Crippen molar-refractivity contribution in [3.63, 3.8) is 0 Å². The standard InChI is InChI=1S/C26H35Cl2N3O4S/c1-5-6-15-29-26(33)20(3)30(18-21-10-7-11-22(27)17-21)25(32)14-9-16-31(36(4,34)35)24-13-8-12-23(28)19(24)2/h7-8,10-13,17,20H,5-6,9,14-16,18H2,1-4H3,(H,29,33)/t20-/m1/s1. The predicted molar refractivity (Wildman–Crippen MR) is 147 cm³/mol. The first-order valence-electron chi connectivity index (χ1n) is 12.0. The van der Waals surface area contributed by atoms with E-state index < -0.39 is 16.1 Å². The average Bonchev–Trinajstić information content (AvgIpc) is 2.81. The van der Waals surface area contributed by atoms with Gasteiger partial charge in [0.15, 0.2) is 0 Å². The molecule has 198 valence electrons. The number of anilines is 1. The van der Waals surface area contributed by atoms with Gasteiger partial charge in [0.25, 0.3) is 0 Å². The maximum atomic E-state index is 13.3. The van der Waals surface area contributed by atoms with Crippen molar-refractivity contribution in [2.24, 2.45) is 0 Å². The summed E-state index contributed by atoms with van der Waals surface area (Å²) in [5, 5.41) is 3.89. The highest BCUT2D eigenvalue weighted by Gasteiger charge is 2.27. The number of rotatable bonds is 13. The zero-order chi connectivity index (χ0) is 26.9. The Labute approximate surface area is 224 Å². The van der Waals surface area contributed by atoms with Crippen molar-refractivity contribution in [3.05, 3.63) is 63.6 Å². The fourth-order valence-electron chi connectivity index (χ4n) is 3.80. The highest BCUT2D eigenvalue weighted by molar-refractivity contribution is 7.92. The van der Waals surface area contributed by atoms with Crippen LogP contribution in [0.25, 0.3) is 0 Å². The molecule has 2 rings (SSSR count). The van der Waals surface area contributed by atoms with Crippen LogP contribution in [0.4, 0.5) is 5.69 Å². The Hall–Kier alpha value is -2.29. The van der Waals surface area contributed by atoms with Gasteiger partial charge in [-0.05, 0) is 62.1 Å². The summed E-state index contributed by atoms with van der Waals surface area (Å²) in [4.78, 5) is 27.6. The minimum atomic E-state index is -3.60. The van der Waals surface area contributed by atoms with Gasteiger partial charge in [-0.2, -0.15) is 0 Å². The molecule has 0 unspecified atom stereocenters. The Balaban J connectivity index is 2.18. The van der Waals surface area contributed by atoms with Crippen LogP contribution >= 0.6 is 23.2 Å². The van der Waals surface area contributed by atoms with Gasteiger partial charge in [-0.25, -0.2) is 8.42 Å². The molecule has 0 aliphatic carbocycles. The van der Waals surface area contributed by atoms with Crippen LogP contribution in [0.2, 0.25) is 10.0 Å². The third-order valence-corrected chi connectivity index (χ3v) is 7.72. The van der Waals surface area contributed by atoms with Gasteiger partial charge in [-0.3, -0.25) is 13.9 Å². The smallest absolute Gasteiger partial charge is 0.242 e. The lowest BCUT2D eigenvalue weighted by Gasteiger charge is -2.29. The van der Waals surface area contributed by atoms with Crippen molar-refractivity contribution < 1.29 is 18.0 Å². The van der Waals surface area contributed by atoms with Gasteiger partial charge in [0.1, 0.15) is 6.04 Å². The second-order valence-electron chi connectivity index (χ2n) is 8.79. The second-order valence-corrected chi connectivity index (χ2v) is 11.5. The molecule has 0 heterocycles. The first-order chi connectivity index (χ1) is 17.0. The van der Waals surface area contributed by atoms with Crippen LogP contribution < -0.4 is 9.62 Å². The fraction of sp³-hybridized carbons (Fsp3) is 0.462. The van der Waals surface area contributed by atoms with Gasteiger partial charge in [0, 0.05) is 36.1 Å². The van der Waals surface area contributed by atoms with Crippen molar-refractivity contribution in [3.8, 4) is 0 Å². The van der Waals surface area contributed by atoms with Gasteiger partial charge < -0.3 is 10.2 Å². The first-order valence-corrected chi connectivity index (χ1v) is 14.6. The van der Waals surface area contributed by atoms with Crippen LogP contribution in [-0.2, 0) is 26.2 Å². The van der Waals surface area contributed by atoms with Gasteiger partial charge in [0.05, 0.1) is 11.9 Å². The maximum absolute atomic E-state index is 13.3. The molecular formula is C26H35Cl2N3O4S. The van der Waals surface area contributed by atoms with E-state index in [1.807, 2.05) is 13.0 Å². The molecule has 0 radical (unpaired) electrons. The number of nitrogens with one attached hydrogen (secondary N) is 1. The van der Waals surface area contributed by atoms with E-state index in [2.05, 4.69) is 5.32 Å². The number of carbonyl (C=O) groups is 2. The molecule has 1 N–H and O–H groups in total. The topological polar surface area (TPSA) is 86.8 Å². The summed E-state index contributed by atoms with van der Waals surface area (Å²) in [7, 11) is -3.60. The summed E-state index contributed by atoms with van der Waals surface area (Å²) in [5.74, 6) is -0.476. The Bertz CT molecular complexity index is 1160. The van der Waals surface area contributed by atoms with Crippen LogP contribution in [0.3, 0.4) is 0 Å². The summed E-state index contributed by atoms with van der Waals surface area (Å²) < 4.78 is 26.3. The molecule has 0 aliphatic rings. The predicted octanol–water partition coefficient (Wildman–Crippen LogP) is 5.18. The molecular weight excluding hydrogens is 521 g/mol. The number of sulfonamides is 1. The van der Waals surface area contributed by atoms with E-state index in [0.717, 1.165) is 24.7 Å². The zero-order valence-corrected chi connectivity index (χ0v) is 23.6. The molecule has 2 amide bonds. The van der Waals surface area contributed by atoms with Crippen molar-refractivity contribution in [1.29, 1.82) is 0 Å². The lowest BCUT2D eigenvalue weighted by Crippen LogP contribution is -2.48. The van der Waals surface area contributed by atoms with Crippen LogP contribution in [-0.4, -0.2) is 50.5 Å². The minimum Gasteiger partial charge on any atom is -0.354 e.